The molecule has 0 aliphatic carbocycles. The topological polar surface area (TPSA) is 54.8 Å². The zero-order valence-corrected chi connectivity index (χ0v) is 16.4. The van der Waals surface area contributed by atoms with Crippen molar-refractivity contribution in [1.29, 1.82) is 0 Å². The largest absolute Gasteiger partial charge is 0.444 e. The molecule has 6 nitrogen and oxygen atoms in total. The molecule has 4 rings (SSSR count). The van der Waals surface area contributed by atoms with E-state index in [0.29, 0.717) is 11.8 Å². The molecule has 1 aromatic carbocycles. The normalized spacial score (nSPS) is 22.4. The first kappa shape index (κ1) is 17.9. The number of aryl methyl sites for hydroxylation is 1. The number of rotatable bonds is 1. The van der Waals surface area contributed by atoms with Gasteiger partial charge in [-0.2, -0.15) is 0 Å². The lowest BCUT2D eigenvalue weighted by atomic mass is 10.0. The Morgan fingerprint density at radius 2 is 1.74 bits per heavy atom. The minimum Gasteiger partial charge on any atom is -0.444 e. The number of anilines is 1. The molecule has 2 aliphatic rings. The van der Waals surface area contributed by atoms with Gasteiger partial charge in [0.25, 0.3) is 5.56 Å². The highest BCUT2D eigenvalue weighted by molar-refractivity contribution is 5.85. The van der Waals surface area contributed by atoms with Gasteiger partial charge < -0.3 is 19.1 Å². The lowest BCUT2D eigenvalue weighted by Gasteiger charge is -2.26. The van der Waals surface area contributed by atoms with E-state index in [9.17, 15) is 9.59 Å². The molecule has 0 bridgehead atoms. The number of fused-ring (bicyclic) bond motifs is 2. The molecule has 0 spiro atoms. The summed E-state index contributed by atoms with van der Waals surface area (Å²) >= 11 is 0. The van der Waals surface area contributed by atoms with Gasteiger partial charge in [0.2, 0.25) is 0 Å². The molecule has 0 N–H and O–H groups in total. The van der Waals surface area contributed by atoms with E-state index in [0.717, 1.165) is 42.6 Å². The number of carbonyl (C=O) groups is 1. The Balaban J connectivity index is 1.48. The smallest absolute Gasteiger partial charge is 0.410 e. The summed E-state index contributed by atoms with van der Waals surface area (Å²) in [5, 5.41) is 1.72. The number of ether oxygens (including phenoxy) is 1. The van der Waals surface area contributed by atoms with E-state index < -0.39 is 5.60 Å². The fraction of sp³-hybridized carbons (Fsp3) is 0.524. The van der Waals surface area contributed by atoms with Crippen LogP contribution in [0.4, 0.5) is 10.5 Å². The van der Waals surface area contributed by atoms with Gasteiger partial charge in [-0.25, -0.2) is 4.79 Å². The Morgan fingerprint density at radius 3 is 2.37 bits per heavy atom. The lowest BCUT2D eigenvalue weighted by molar-refractivity contribution is 0.0282. The van der Waals surface area contributed by atoms with Crippen molar-refractivity contribution in [3.8, 4) is 0 Å². The number of aromatic nitrogens is 1. The van der Waals surface area contributed by atoms with E-state index in [-0.39, 0.29) is 11.7 Å². The molecule has 1 amide bonds. The highest BCUT2D eigenvalue weighted by atomic mass is 16.6. The predicted molar refractivity (Wildman–Crippen MR) is 106 cm³/mol. The molecule has 2 atom stereocenters. The van der Waals surface area contributed by atoms with Crippen LogP contribution in [0.25, 0.3) is 10.8 Å². The fourth-order valence-corrected chi connectivity index (χ4v) is 4.20. The summed E-state index contributed by atoms with van der Waals surface area (Å²) in [4.78, 5) is 28.9. The van der Waals surface area contributed by atoms with Crippen LogP contribution in [0.3, 0.4) is 0 Å². The second-order valence-electron chi connectivity index (χ2n) is 8.81. The number of pyridine rings is 1. The van der Waals surface area contributed by atoms with Crippen LogP contribution < -0.4 is 10.5 Å². The van der Waals surface area contributed by atoms with Crippen LogP contribution in [0.5, 0.6) is 0 Å². The maximum Gasteiger partial charge on any atom is 0.410 e. The monoisotopic (exact) mass is 369 g/mol. The Hall–Kier alpha value is -2.50. The summed E-state index contributed by atoms with van der Waals surface area (Å²) in [7, 11) is 1.78. The van der Waals surface area contributed by atoms with E-state index in [4.69, 9.17) is 4.74 Å². The van der Waals surface area contributed by atoms with Crippen LogP contribution in [-0.4, -0.2) is 47.3 Å². The third-order valence-corrected chi connectivity index (χ3v) is 5.57. The van der Waals surface area contributed by atoms with Gasteiger partial charge in [0, 0.05) is 62.3 Å². The van der Waals surface area contributed by atoms with Crippen LogP contribution in [0.1, 0.15) is 20.8 Å². The SMILES string of the molecule is Cn1ccc2ccc(N3CC4CN(C(=O)OC(C)(C)C)CC4C3)cc2c1=O. The highest BCUT2D eigenvalue weighted by Gasteiger charge is 2.42. The molecule has 27 heavy (non-hydrogen) atoms. The minimum absolute atomic E-state index is 0.0323. The van der Waals surface area contributed by atoms with Crippen molar-refractivity contribution >= 4 is 22.6 Å². The van der Waals surface area contributed by atoms with Crippen molar-refractivity contribution in [3.63, 3.8) is 0 Å². The van der Waals surface area contributed by atoms with Gasteiger partial charge in [0.1, 0.15) is 5.60 Å². The van der Waals surface area contributed by atoms with Gasteiger partial charge in [-0.05, 0) is 44.4 Å². The van der Waals surface area contributed by atoms with Crippen molar-refractivity contribution in [2.75, 3.05) is 31.1 Å². The molecular weight excluding hydrogens is 342 g/mol. The molecule has 2 unspecified atom stereocenters. The van der Waals surface area contributed by atoms with Crippen molar-refractivity contribution < 1.29 is 9.53 Å². The molecular formula is C21H27N3O3. The van der Waals surface area contributed by atoms with Gasteiger partial charge in [-0.3, -0.25) is 4.79 Å². The zero-order valence-electron chi connectivity index (χ0n) is 16.4. The summed E-state index contributed by atoms with van der Waals surface area (Å²) in [6, 6.07) is 8.09. The number of likely N-dealkylation sites (tertiary alicyclic amines) is 1. The first-order valence-corrected chi connectivity index (χ1v) is 9.53. The number of benzene rings is 1. The van der Waals surface area contributed by atoms with Crippen LogP contribution in [0.15, 0.2) is 35.3 Å². The van der Waals surface area contributed by atoms with Crippen LogP contribution in [-0.2, 0) is 11.8 Å². The van der Waals surface area contributed by atoms with Gasteiger partial charge in [0.15, 0.2) is 0 Å². The summed E-state index contributed by atoms with van der Waals surface area (Å²) in [5.74, 6) is 0.902. The molecule has 3 heterocycles. The van der Waals surface area contributed by atoms with Crippen molar-refractivity contribution in [2.24, 2.45) is 18.9 Å². The van der Waals surface area contributed by atoms with Gasteiger partial charge in [-0.15, -0.1) is 0 Å². The number of carbonyl (C=O) groups excluding carboxylic acids is 1. The Kier molecular flexibility index (Phi) is 4.17. The Morgan fingerprint density at radius 1 is 1.07 bits per heavy atom. The third-order valence-electron chi connectivity index (χ3n) is 5.57. The average molecular weight is 369 g/mol. The fourth-order valence-electron chi connectivity index (χ4n) is 4.20. The van der Waals surface area contributed by atoms with Crippen LogP contribution >= 0.6 is 0 Å². The van der Waals surface area contributed by atoms with Crippen molar-refractivity contribution in [2.45, 2.75) is 26.4 Å². The van der Waals surface area contributed by atoms with Gasteiger partial charge in [-0.1, -0.05) is 6.07 Å². The number of amides is 1. The third kappa shape index (κ3) is 3.40. The molecule has 2 aliphatic heterocycles. The van der Waals surface area contributed by atoms with E-state index >= 15 is 0 Å². The average Bonchev–Trinajstić information content (AvgIpc) is 3.15. The number of nitrogens with zero attached hydrogens (tertiary/aromatic N) is 3. The van der Waals surface area contributed by atoms with E-state index in [2.05, 4.69) is 11.0 Å². The highest BCUT2D eigenvalue weighted by Crippen LogP contribution is 2.35. The molecule has 0 saturated carbocycles. The number of hydrogen-bond acceptors (Lipinski definition) is 4. The molecule has 1 aromatic heterocycles. The van der Waals surface area contributed by atoms with Crippen LogP contribution in [0.2, 0.25) is 0 Å². The van der Waals surface area contributed by atoms with E-state index in [1.54, 1.807) is 17.8 Å². The summed E-state index contributed by atoms with van der Waals surface area (Å²) in [6.07, 6.45) is 1.59. The first-order valence-electron chi connectivity index (χ1n) is 9.53. The van der Waals surface area contributed by atoms with Gasteiger partial charge >= 0.3 is 6.09 Å². The van der Waals surface area contributed by atoms with Crippen LogP contribution in [0, 0.1) is 11.8 Å². The molecule has 0 radical (unpaired) electrons. The van der Waals surface area contributed by atoms with E-state index in [1.807, 2.05) is 43.9 Å². The second-order valence-corrected chi connectivity index (χ2v) is 8.81. The van der Waals surface area contributed by atoms with Crippen molar-refractivity contribution in [1.82, 2.24) is 9.47 Å². The quantitative estimate of drug-likeness (QED) is 0.776. The summed E-state index contributed by atoms with van der Waals surface area (Å²) in [5.41, 5.74) is 0.659. The van der Waals surface area contributed by atoms with Crippen molar-refractivity contribution in [3.05, 3.63) is 40.8 Å². The maximum atomic E-state index is 12.4. The summed E-state index contributed by atoms with van der Waals surface area (Å²) in [6.45, 7) is 8.98. The summed E-state index contributed by atoms with van der Waals surface area (Å²) < 4.78 is 7.12. The van der Waals surface area contributed by atoms with Gasteiger partial charge in [0.05, 0.1) is 0 Å². The Labute approximate surface area is 159 Å². The Bertz CT molecular complexity index is 930. The first-order chi connectivity index (χ1) is 12.7. The standard InChI is InChI=1S/C21H27N3O3/c1-21(2,3)27-20(26)24-12-15-10-23(11-16(15)13-24)17-6-5-14-7-8-22(4)19(25)18(14)9-17/h5-9,15-16H,10-13H2,1-4H3. The second kappa shape index (κ2) is 6.29. The predicted octanol–water partition coefficient (Wildman–Crippen LogP) is 2.84. The number of hydrogen-bond donors (Lipinski definition) is 0. The maximum absolute atomic E-state index is 12.4. The molecule has 2 fully saturated rings. The molecule has 6 heteroatoms. The minimum atomic E-state index is -0.460. The molecule has 2 saturated heterocycles. The molecule has 2 aromatic rings. The molecule has 144 valence electrons. The zero-order chi connectivity index (χ0) is 19.3. The lowest BCUT2D eigenvalue weighted by Crippen LogP contribution is -2.37. The van der Waals surface area contributed by atoms with E-state index in [1.165, 1.54) is 0 Å².